The molecule has 22 heavy (non-hydrogen) atoms. The van der Waals surface area contributed by atoms with E-state index in [1.165, 1.54) is 4.57 Å². The van der Waals surface area contributed by atoms with E-state index in [2.05, 4.69) is 0 Å². The maximum Gasteiger partial charge on any atom is 0.345 e. The van der Waals surface area contributed by atoms with Crippen molar-refractivity contribution in [2.24, 2.45) is 0 Å². The molecule has 0 fully saturated rings. The van der Waals surface area contributed by atoms with E-state index in [4.69, 9.17) is 4.74 Å². The Morgan fingerprint density at radius 2 is 1.82 bits per heavy atom. The number of esters is 1. The van der Waals surface area contributed by atoms with Gasteiger partial charge in [0, 0.05) is 18.3 Å². The standard InChI is InChI=1S/C17H17NO4/c1-17(2)13-8-10-18(15(20)14(13)16(21)22-17)9-7-11-3-5-12(19)6-4-11/h3-6,8,10,19H,7,9H2,1-2H3. The van der Waals surface area contributed by atoms with Crippen LogP contribution in [-0.2, 0) is 23.3 Å². The van der Waals surface area contributed by atoms with Gasteiger partial charge in [-0.05, 0) is 44.0 Å². The van der Waals surface area contributed by atoms with Crippen LogP contribution in [0.5, 0.6) is 5.75 Å². The second-order valence-electron chi connectivity index (χ2n) is 5.92. The molecule has 114 valence electrons. The molecule has 5 heteroatoms. The van der Waals surface area contributed by atoms with E-state index in [1.807, 2.05) is 12.1 Å². The quantitative estimate of drug-likeness (QED) is 0.882. The van der Waals surface area contributed by atoms with Gasteiger partial charge >= 0.3 is 5.97 Å². The third-order valence-electron chi connectivity index (χ3n) is 3.94. The second-order valence-corrected chi connectivity index (χ2v) is 5.92. The van der Waals surface area contributed by atoms with E-state index in [1.54, 1.807) is 38.2 Å². The fourth-order valence-corrected chi connectivity index (χ4v) is 2.70. The van der Waals surface area contributed by atoms with Crippen molar-refractivity contribution in [1.29, 1.82) is 0 Å². The Bertz CT molecular complexity index is 787. The highest BCUT2D eigenvalue weighted by Gasteiger charge is 2.40. The van der Waals surface area contributed by atoms with Crippen molar-refractivity contribution < 1.29 is 14.6 Å². The molecule has 0 spiro atoms. The van der Waals surface area contributed by atoms with Crippen LogP contribution in [0.2, 0.25) is 0 Å². The number of rotatable bonds is 3. The first-order valence-corrected chi connectivity index (χ1v) is 7.14. The van der Waals surface area contributed by atoms with Crippen LogP contribution in [0.4, 0.5) is 0 Å². The number of aromatic hydroxyl groups is 1. The van der Waals surface area contributed by atoms with Crippen LogP contribution in [0.15, 0.2) is 41.3 Å². The lowest BCUT2D eigenvalue weighted by molar-refractivity contribution is 0.00949. The monoisotopic (exact) mass is 299 g/mol. The van der Waals surface area contributed by atoms with Crippen molar-refractivity contribution >= 4 is 5.97 Å². The van der Waals surface area contributed by atoms with Gasteiger partial charge in [0.15, 0.2) is 0 Å². The molecule has 0 unspecified atom stereocenters. The molecule has 2 aromatic rings. The first-order valence-electron chi connectivity index (χ1n) is 7.14. The predicted octanol–water partition coefficient (Wildman–Crippen LogP) is 2.20. The van der Waals surface area contributed by atoms with Gasteiger partial charge in [0.25, 0.3) is 5.56 Å². The van der Waals surface area contributed by atoms with Crippen molar-refractivity contribution in [3.63, 3.8) is 0 Å². The number of pyridine rings is 1. The van der Waals surface area contributed by atoms with Crippen molar-refractivity contribution in [2.75, 3.05) is 0 Å². The lowest BCUT2D eigenvalue weighted by atomic mass is 9.97. The Hall–Kier alpha value is -2.56. The third kappa shape index (κ3) is 2.39. The summed E-state index contributed by atoms with van der Waals surface area (Å²) in [6, 6.07) is 8.62. The van der Waals surface area contributed by atoms with Gasteiger partial charge in [-0.3, -0.25) is 4.79 Å². The highest BCUT2D eigenvalue weighted by molar-refractivity contribution is 5.94. The molecule has 0 aliphatic carbocycles. The SMILES string of the molecule is CC1(C)OC(=O)c2c1ccn(CCc1ccc(O)cc1)c2=O. The fraction of sp³-hybridized carbons (Fsp3) is 0.294. The van der Waals surface area contributed by atoms with Crippen LogP contribution < -0.4 is 5.56 Å². The summed E-state index contributed by atoms with van der Waals surface area (Å²) in [5.74, 6) is -0.340. The van der Waals surface area contributed by atoms with Crippen LogP contribution in [0.1, 0.15) is 35.3 Å². The summed E-state index contributed by atoms with van der Waals surface area (Å²) in [5, 5.41) is 9.26. The molecule has 1 N–H and O–H groups in total. The molecule has 1 aliphatic rings. The number of aryl methyl sites for hydroxylation is 2. The Morgan fingerprint density at radius 1 is 1.14 bits per heavy atom. The number of aromatic nitrogens is 1. The summed E-state index contributed by atoms with van der Waals surface area (Å²) in [6.45, 7) is 4.01. The number of phenolic OH excluding ortho intramolecular Hbond substituents is 1. The zero-order chi connectivity index (χ0) is 15.9. The Morgan fingerprint density at radius 3 is 2.50 bits per heavy atom. The second kappa shape index (κ2) is 5.02. The van der Waals surface area contributed by atoms with Crippen LogP contribution in [-0.4, -0.2) is 15.6 Å². The number of phenols is 1. The third-order valence-corrected chi connectivity index (χ3v) is 3.94. The molecule has 0 radical (unpaired) electrons. The zero-order valence-corrected chi connectivity index (χ0v) is 12.5. The summed E-state index contributed by atoms with van der Waals surface area (Å²) in [4.78, 5) is 24.4. The summed E-state index contributed by atoms with van der Waals surface area (Å²) < 4.78 is 6.77. The molecule has 5 nitrogen and oxygen atoms in total. The number of hydrogen-bond acceptors (Lipinski definition) is 4. The number of nitrogens with zero attached hydrogens (tertiary/aromatic N) is 1. The van der Waals surface area contributed by atoms with Gasteiger partial charge in [-0.25, -0.2) is 4.79 Å². The number of hydrogen-bond donors (Lipinski definition) is 1. The maximum atomic E-state index is 12.5. The van der Waals surface area contributed by atoms with Crippen LogP contribution in [0.25, 0.3) is 0 Å². The smallest absolute Gasteiger partial charge is 0.345 e. The van der Waals surface area contributed by atoms with Crippen molar-refractivity contribution in [2.45, 2.75) is 32.4 Å². The van der Waals surface area contributed by atoms with E-state index in [0.717, 1.165) is 5.56 Å². The molecule has 1 aromatic carbocycles. The normalized spacial score (nSPS) is 15.5. The minimum atomic E-state index is -0.748. The summed E-state index contributed by atoms with van der Waals surface area (Å²) in [7, 11) is 0. The first kappa shape index (κ1) is 14.4. The van der Waals surface area contributed by atoms with Gasteiger partial charge in [0.05, 0.1) is 0 Å². The fourth-order valence-electron chi connectivity index (χ4n) is 2.70. The number of ether oxygens (including phenoxy) is 1. The van der Waals surface area contributed by atoms with E-state index in [9.17, 15) is 14.7 Å². The Kier molecular flexibility index (Phi) is 3.28. The van der Waals surface area contributed by atoms with Crippen LogP contribution >= 0.6 is 0 Å². The number of carbonyl (C=O) groups is 1. The minimum absolute atomic E-state index is 0.137. The van der Waals surface area contributed by atoms with E-state index in [-0.39, 0.29) is 16.9 Å². The number of carbonyl (C=O) groups excluding carboxylic acids is 1. The summed E-state index contributed by atoms with van der Waals surface area (Å²) in [5.41, 5.74) is 0.725. The predicted molar refractivity (Wildman–Crippen MR) is 81.0 cm³/mol. The molecular formula is C17H17NO4. The largest absolute Gasteiger partial charge is 0.508 e. The Labute approximate surface area is 127 Å². The molecule has 2 heterocycles. The zero-order valence-electron chi connectivity index (χ0n) is 12.5. The molecule has 1 aromatic heterocycles. The van der Waals surface area contributed by atoms with Gasteiger partial charge < -0.3 is 14.4 Å². The topological polar surface area (TPSA) is 68.5 Å². The molecule has 1 aliphatic heterocycles. The van der Waals surface area contributed by atoms with Crippen molar-refractivity contribution in [3.05, 3.63) is 63.6 Å². The first-order chi connectivity index (χ1) is 10.4. The molecular weight excluding hydrogens is 282 g/mol. The molecule has 3 rings (SSSR count). The highest BCUT2D eigenvalue weighted by atomic mass is 16.6. The average Bonchev–Trinajstić information content (AvgIpc) is 2.70. The van der Waals surface area contributed by atoms with Gasteiger partial charge in [-0.2, -0.15) is 0 Å². The number of benzene rings is 1. The maximum absolute atomic E-state index is 12.5. The average molecular weight is 299 g/mol. The molecule has 0 saturated heterocycles. The number of fused-ring (bicyclic) bond motifs is 1. The lowest BCUT2D eigenvalue weighted by Crippen LogP contribution is -2.26. The molecule has 0 bridgehead atoms. The van der Waals surface area contributed by atoms with Crippen molar-refractivity contribution in [1.82, 2.24) is 4.57 Å². The molecule has 0 saturated carbocycles. The van der Waals surface area contributed by atoms with Crippen molar-refractivity contribution in [3.8, 4) is 5.75 Å². The van der Waals surface area contributed by atoms with Crippen LogP contribution in [0, 0.1) is 0 Å². The van der Waals surface area contributed by atoms with Gasteiger partial charge in [-0.1, -0.05) is 12.1 Å². The molecule has 0 atom stereocenters. The highest BCUT2D eigenvalue weighted by Crippen LogP contribution is 2.33. The number of cyclic esters (lactones) is 1. The van der Waals surface area contributed by atoms with E-state index >= 15 is 0 Å². The van der Waals surface area contributed by atoms with Gasteiger partial charge in [0.1, 0.15) is 16.9 Å². The van der Waals surface area contributed by atoms with Gasteiger partial charge in [0.2, 0.25) is 0 Å². The van der Waals surface area contributed by atoms with Gasteiger partial charge in [-0.15, -0.1) is 0 Å². The van der Waals surface area contributed by atoms with E-state index in [0.29, 0.717) is 18.5 Å². The van der Waals surface area contributed by atoms with E-state index < -0.39 is 11.6 Å². The summed E-state index contributed by atoms with van der Waals surface area (Å²) in [6.07, 6.45) is 2.34. The lowest BCUT2D eigenvalue weighted by Gasteiger charge is -2.17. The Balaban J connectivity index is 1.88. The summed E-state index contributed by atoms with van der Waals surface area (Å²) >= 11 is 0. The van der Waals surface area contributed by atoms with Crippen LogP contribution in [0.3, 0.4) is 0 Å². The minimum Gasteiger partial charge on any atom is -0.508 e. The molecule has 0 amide bonds.